The van der Waals surface area contributed by atoms with Gasteiger partial charge in [-0.2, -0.15) is 0 Å². The standard InChI is InChI=1S/C21H21N5O/c1-11-4-15-16(8-23-10-19(15)25-11)13-5-14-7-20(26-21(27)12-2-3-12)24-9-17(14)18(22)6-13/h5-12,25H,2-4,22H2,1H3,(H,24,26,27)/t11-/m1/s1. The summed E-state index contributed by atoms with van der Waals surface area (Å²) in [6.07, 6.45) is 8.40. The molecule has 1 aliphatic carbocycles. The number of carbonyl (C=O) groups is 1. The Morgan fingerprint density at radius 3 is 2.89 bits per heavy atom. The van der Waals surface area contributed by atoms with E-state index in [2.05, 4.69) is 33.6 Å². The number of pyridine rings is 2. The zero-order valence-corrected chi connectivity index (χ0v) is 15.1. The number of nitrogens with two attached hydrogens (primary N) is 1. The van der Waals surface area contributed by atoms with Gasteiger partial charge in [-0.3, -0.25) is 9.78 Å². The number of carbonyl (C=O) groups excluding carboxylic acids is 1. The predicted molar refractivity (Wildman–Crippen MR) is 108 cm³/mol. The average Bonchev–Trinajstić information content (AvgIpc) is 3.42. The summed E-state index contributed by atoms with van der Waals surface area (Å²) in [5.41, 5.74) is 11.5. The van der Waals surface area contributed by atoms with Crippen molar-refractivity contribution >= 4 is 33.9 Å². The minimum absolute atomic E-state index is 0.0520. The largest absolute Gasteiger partial charge is 0.398 e. The molecule has 3 aromatic rings. The van der Waals surface area contributed by atoms with Gasteiger partial charge >= 0.3 is 0 Å². The summed E-state index contributed by atoms with van der Waals surface area (Å²) in [6, 6.07) is 6.37. The number of hydrogen-bond acceptors (Lipinski definition) is 5. The first-order valence-electron chi connectivity index (χ1n) is 9.32. The van der Waals surface area contributed by atoms with Gasteiger partial charge in [-0.25, -0.2) is 4.98 Å². The van der Waals surface area contributed by atoms with E-state index in [0.717, 1.165) is 46.8 Å². The molecule has 5 rings (SSSR count). The van der Waals surface area contributed by atoms with E-state index in [1.807, 2.05) is 24.5 Å². The Morgan fingerprint density at radius 2 is 2.07 bits per heavy atom. The highest BCUT2D eigenvalue weighted by molar-refractivity contribution is 6.00. The van der Waals surface area contributed by atoms with Gasteiger partial charge in [0.15, 0.2) is 0 Å². The van der Waals surface area contributed by atoms with Crippen molar-refractivity contribution in [2.75, 3.05) is 16.4 Å². The van der Waals surface area contributed by atoms with Crippen LogP contribution in [-0.4, -0.2) is 21.9 Å². The molecule has 27 heavy (non-hydrogen) atoms. The normalized spacial score (nSPS) is 18.2. The zero-order chi connectivity index (χ0) is 18.5. The molecule has 1 fully saturated rings. The van der Waals surface area contributed by atoms with Crippen LogP contribution in [0.1, 0.15) is 25.3 Å². The van der Waals surface area contributed by atoms with Crippen molar-refractivity contribution in [3.05, 3.63) is 42.4 Å². The molecule has 4 N–H and O–H groups in total. The molecule has 1 aromatic carbocycles. The molecular formula is C21H21N5O. The number of rotatable bonds is 3. The van der Waals surface area contributed by atoms with Crippen molar-refractivity contribution in [3.8, 4) is 11.1 Å². The smallest absolute Gasteiger partial charge is 0.228 e. The number of anilines is 3. The van der Waals surface area contributed by atoms with Crippen LogP contribution in [0.2, 0.25) is 0 Å². The van der Waals surface area contributed by atoms with Crippen LogP contribution in [0.4, 0.5) is 17.2 Å². The van der Waals surface area contributed by atoms with Gasteiger partial charge in [0.2, 0.25) is 5.91 Å². The summed E-state index contributed by atoms with van der Waals surface area (Å²) < 4.78 is 0. The highest BCUT2D eigenvalue weighted by Gasteiger charge is 2.29. The maximum Gasteiger partial charge on any atom is 0.228 e. The van der Waals surface area contributed by atoms with E-state index in [0.29, 0.717) is 17.5 Å². The fraction of sp³-hybridized carbons (Fsp3) is 0.286. The highest BCUT2D eigenvalue weighted by atomic mass is 16.2. The topological polar surface area (TPSA) is 92.9 Å². The monoisotopic (exact) mass is 359 g/mol. The molecule has 6 nitrogen and oxygen atoms in total. The van der Waals surface area contributed by atoms with E-state index in [1.54, 1.807) is 6.20 Å². The van der Waals surface area contributed by atoms with Gasteiger partial charge in [-0.1, -0.05) is 0 Å². The quantitative estimate of drug-likeness (QED) is 0.622. The van der Waals surface area contributed by atoms with E-state index in [9.17, 15) is 4.79 Å². The third-order valence-electron chi connectivity index (χ3n) is 5.35. The van der Waals surface area contributed by atoms with Crippen LogP contribution in [0.15, 0.2) is 36.8 Å². The summed E-state index contributed by atoms with van der Waals surface area (Å²) in [4.78, 5) is 20.8. The van der Waals surface area contributed by atoms with Crippen LogP contribution in [0, 0.1) is 5.92 Å². The van der Waals surface area contributed by atoms with E-state index in [4.69, 9.17) is 5.73 Å². The molecule has 0 spiro atoms. The van der Waals surface area contributed by atoms with E-state index in [1.165, 1.54) is 5.56 Å². The molecule has 1 amide bonds. The maximum absolute atomic E-state index is 12.0. The Hall–Kier alpha value is -3.15. The SMILES string of the molecule is C[C@@H]1Cc2c(cncc2-c2cc(N)c3cnc(NC(=O)C4CC4)cc3c2)N1. The molecular weight excluding hydrogens is 338 g/mol. The molecule has 0 unspecified atom stereocenters. The van der Waals surface area contributed by atoms with Crippen molar-refractivity contribution in [2.45, 2.75) is 32.2 Å². The lowest BCUT2D eigenvalue weighted by atomic mass is 9.96. The van der Waals surface area contributed by atoms with E-state index in [-0.39, 0.29) is 11.8 Å². The minimum atomic E-state index is 0.0520. The van der Waals surface area contributed by atoms with Crippen LogP contribution in [0.5, 0.6) is 0 Å². The molecule has 0 bridgehead atoms. The second-order valence-electron chi connectivity index (χ2n) is 7.58. The van der Waals surface area contributed by atoms with Crippen LogP contribution < -0.4 is 16.4 Å². The van der Waals surface area contributed by atoms with Gasteiger partial charge < -0.3 is 16.4 Å². The molecule has 2 aromatic heterocycles. The van der Waals surface area contributed by atoms with Crippen molar-refractivity contribution in [3.63, 3.8) is 0 Å². The first kappa shape index (κ1) is 16.1. The fourth-order valence-electron chi connectivity index (χ4n) is 3.79. The van der Waals surface area contributed by atoms with Crippen LogP contribution >= 0.6 is 0 Å². The molecule has 0 saturated heterocycles. The number of aromatic nitrogens is 2. The summed E-state index contributed by atoms with van der Waals surface area (Å²) in [5, 5.41) is 8.21. The lowest BCUT2D eigenvalue weighted by molar-refractivity contribution is -0.117. The first-order valence-corrected chi connectivity index (χ1v) is 9.32. The lowest BCUT2D eigenvalue weighted by Gasteiger charge is -2.11. The number of amides is 1. The number of nitrogens with one attached hydrogen (secondary N) is 2. The molecule has 6 heteroatoms. The fourth-order valence-corrected chi connectivity index (χ4v) is 3.79. The van der Waals surface area contributed by atoms with Crippen LogP contribution in [-0.2, 0) is 11.2 Å². The summed E-state index contributed by atoms with van der Waals surface area (Å²) in [6.45, 7) is 2.17. The first-order chi connectivity index (χ1) is 13.1. The summed E-state index contributed by atoms with van der Waals surface area (Å²) >= 11 is 0. The van der Waals surface area contributed by atoms with E-state index >= 15 is 0 Å². The third-order valence-corrected chi connectivity index (χ3v) is 5.35. The van der Waals surface area contributed by atoms with Gasteiger partial charge in [0, 0.05) is 41.0 Å². The second-order valence-corrected chi connectivity index (χ2v) is 7.58. The molecule has 1 saturated carbocycles. The Morgan fingerprint density at radius 1 is 1.22 bits per heavy atom. The molecule has 1 atom stereocenters. The Bertz CT molecular complexity index is 1070. The summed E-state index contributed by atoms with van der Waals surface area (Å²) in [7, 11) is 0. The Balaban J connectivity index is 1.58. The number of nitrogens with zero attached hydrogens (tertiary/aromatic N) is 2. The van der Waals surface area contributed by atoms with Crippen LogP contribution in [0.25, 0.3) is 21.9 Å². The molecule has 0 radical (unpaired) electrons. The van der Waals surface area contributed by atoms with Gasteiger partial charge in [0.25, 0.3) is 0 Å². The summed E-state index contributed by atoms with van der Waals surface area (Å²) in [5.74, 6) is 0.769. The highest BCUT2D eigenvalue weighted by Crippen LogP contribution is 2.37. The molecule has 3 heterocycles. The number of fused-ring (bicyclic) bond motifs is 2. The van der Waals surface area contributed by atoms with Gasteiger partial charge in [0.05, 0.1) is 11.9 Å². The lowest BCUT2D eigenvalue weighted by Crippen LogP contribution is -2.14. The zero-order valence-electron chi connectivity index (χ0n) is 15.1. The Labute approximate surface area is 157 Å². The second kappa shape index (κ2) is 5.94. The number of benzene rings is 1. The predicted octanol–water partition coefficient (Wildman–Crippen LogP) is 3.58. The maximum atomic E-state index is 12.0. The third kappa shape index (κ3) is 2.87. The van der Waals surface area contributed by atoms with Gasteiger partial charge in [-0.05, 0) is 60.9 Å². The van der Waals surface area contributed by atoms with Gasteiger partial charge in [0.1, 0.15) is 5.82 Å². The van der Waals surface area contributed by atoms with Crippen LogP contribution in [0.3, 0.4) is 0 Å². The Kier molecular flexibility index (Phi) is 3.53. The van der Waals surface area contributed by atoms with Crippen molar-refractivity contribution in [2.24, 2.45) is 5.92 Å². The van der Waals surface area contributed by atoms with Gasteiger partial charge in [-0.15, -0.1) is 0 Å². The van der Waals surface area contributed by atoms with E-state index < -0.39 is 0 Å². The molecule has 1 aliphatic heterocycles. The number of nitrogen functional groups attached to an aromatic ring is 1. The molecule has 2 aliphatic rings. The van der Waals surface area contributed by atoms with Crippen molar-refractivity contribution in [1.29, 1.82) is 0 Å². The average molecular weight is 359 g/mol. The number of hydrogen-bond donors (Lipinski definition) is 3. The van der Waals surface area contributed by atoms with Crippen molar-refractivity contribution in [1.82, 2.24) is 9.97 Å². The minimum Gasteiger partial charge on any atom is -0.398 e. The molecule has 136 valence electrons. The van der Waals surface area contributed by atoms with Crippen molar-refractivity contribution < 1.29 is 4.79 Å².